The molecule has 0 heterocycles. The van der Waals surface area contributed by atoms with Crippen LogP contribution in [0.15, 0.2) is 40.9 Å². The summed E-state index contributed by atoms with van der Waals surface area (Å²) in [6.07, 6.45) is 0. The van der Waals surface area contributed by atoms with Gasteiger partial charge >= 0.3 is 0 Å². The predicted molar refractivity (Wildman–Crippen MR) is 82.1 cm³/mol. The van der Waals surface area contributed by atoms with Crippen molar-refractivity contribution in [2.45, 2.75) is 27.3 Å². The molecule has 0 fully saturated rings. The zero-order valence-electron chi connectivity index (χ0n) is 11.0. The molecule has 1 nitrogen and oxygen atoms in total. The second-order valence-corrected chi connectivity index (χ2v) is 5.59. The Hall–Kier alpha value is -1.28. The molecule has 94 valence electrons. The monoisotopic (exact) mass is 303 g/mol. The van der Waals surface area contributed by atoms with E-state index < -0.39 is 0 Å². The molecule has 0 saturated heterocycles. The summed E-state index contributed by atoms with van der Waals surface area (Å²) in [6, 6.07) is 13.0. The molecule has 2 heteroatoms. The van der Waals surface area contributed by atoms with Gasteiger partial charge in [0.2, 0.25) is 0 Å². The van der Waals surface area contributed by atoms with Crippen LogP contribution in [0.3, 0.4) is 0 Å². The van der Waals surface area contributed by atoms with Gasteiger partial charge in [0, 0.05) is 16.7 Å². The van der Waals surface area contributed by atoms with Crippen LogP contribution in [0.4, 0.5) is 5.69 Å². The largest absolute Gasteiger partial charge is 0.381 e. The van der Waals surface area contributed by atoms with Gasteiger partial charge in [0.15, 0.2) is 0 Å². The number of halogens is 1. The van der Waals surface area contributed by atoms with E-state index in [0.717, 1.165) is 16.7 Å². The highest BCUT2D eigenvalue weighted by molar-refractivity contribution is 9.10. The van der Waals surface area contributed by atoms with Crippen molar-refractivity contribution in [2.75, 3.05) is 5.32 Å². The van der Waals surface area contributed by atoms with E-state index >= 15 is 0 Å². The Morgan fingerprint density at radius 1 is 0.889 bits per heavy atom. The molecule has 2 rings (SSSR count). The van der Waals surface area contributed by atoms with Crippen LogP contribution in [-0.4, -0.2) is 0 Å². The molecule has 18 heavy (non-hydrogen) atoms. The SMILES string of the molecule is Cc1ccc(CNc2ccc(C)c(Br)c2)cc1C. The predicted octanol–water partition coefficient (Wildman–Crippen LogP) is 4.99. The second kappa shape index (κ2) is 5.57. The van der Waals surface area contributed by atoms with Crippen molar-refractivity contribution >= 4 is 21.6 Å². The van der Waals surface area contributed by atoms with Crippen molar-refractivity contribution in [3.05, 3.63) is 63.1 Å². The van der Waals surface area contributed by atoms with Crippen LogP contribution in [0.2, 0.25) is 0 Å². The maximum absolute atomic E-state index is 3.55. The van der Waals surface area contributed by atoms with E-state index in [1.54, 1.807) is 0 Å². The van der Waals surface area contributed by atoms with Gasteiger partial charge in [-0.1, -0.05) is 40.2 Å². The Kier molecular flexibility index (Phi) is 4.07. The average molecular weight is 304 g/mol. The van der Waals surface area contributed by atoms with E-state index in [9.17, 15) is 0 Å². The lowest BCUT2D eigenvalue weighted by Gasteiger charge is -2.09. The normalized spacial score (nSPS) is 10.4. The zero-order chi connectivity index (χ0) is 13.1. The molecule has 0 atom stereocenters. The highest BCUT2D eigenvalue weighted by Crippen LogP contribution is 2.21. The first kappa shape index (κ1) is 13.2. The third-order valence-corrected chi connectivity index (χ3v) is 4.09. The molecular weight excluding hydrogens is 286 g/mol. The summed E-state index contributed by atoms with van der Waals surface area (Å²) < 4.78 is 1.15. The quantitative estimate of drug-likeness (QED) is 0.842. The average Bonchev–Trinajstić information content (AvgIpc) is 2.35. The number of benzene rings is 2. The molecule has 0 unspecified atom stereocenters. The van der Waals surface area contributed by atoms with Crippen LogP contribution in [0.5, 0.6) is 0 Å². The van der Waals surface area contributed by atoms with E-state index in [-0.39, 0.29) is 0 Å². The lowest BCUT2D eigenvalue weighted by Crippen LogP contribution is -2.00. The summed E-state index contributed by atoms with van der Waals surface area (Å²) in [6.45, 7) is 7.25. The van der Waals surface area contributed by atoms with Gasteiger partial charge in [0.05, 0.1) is 0 Å². The van der Waals surface area contributed by atoms with E-state index in [1.165, 1.54) is 22.3 Å². The Labute approximate surface area is 117 Å². The maximum Gasteiger partial charge on any atom is 0.0400 e. The van der Waals surface area contributed by atoms with Crippen LogP contribution < -0.4 is 5.32 Å². The van der Waals surface area contributed by atoms with Crippen LogP contribution >= 0.6 is 15.9 Å². The Balaban J connectivity index is 2.06. The minimum absolute atomic E-state index is 0.858. The Morgan fingerprint density at radius 2 is 1.61 bits per heavy atom. The van der Waals surface area contributed by atoms with Crippen LogP contribution in [0.25, 0.3) is 0 Å². The van der Waals surface area contributed by atoms with Gasteiger partial charge in [-0.2, -0.15) is 0 Å². The molecule has 0 aliphatic carbocycles. The van der Waals surface area contributed by atoms with Gasteiger partial charge in [0.25, 0.3) is 0 Å². The van der Waals surface area contributed by atoms with Crippen LogP contribution in [0.1, 0.15) is 22.3 Å². The summed E-state index contributed by atoms with van der Waals surface area (Å²) in [5.74, 6) is 0. The molecule has 0 bridgehead atoms. The van der Waals surface area contributed by atoms with Crippen molar-refractivity contribution in [1.82, 2.24) is 0 Å². The Bertz CT molecular complexity index is 510. The first-order chi connectivity index (χ1) is 8.56. The third-order valence-electron chi connectivity index (χ3n) is 3.24. The first-order valence-electron chi connectivity index (χ1n) is 6.12. The fraction of sp³-hybridized carbons (Fsp3) is 0.250. The fourth-order valence-electron chi connectivity index (χ4n) is 1.82. The first-order valence-corrected chi connectivity index (χ1v) is 6.92. The van der Waals surface area contributed by atoms with E-state index in [2.05, 4.69) is 78.4 Å². The summed E-state index contributed by atoms with van der Waals surface area (Å²) in [5, 5.41) is 3.45. The van der Waals surface area contributed by atoms with Gasteiger partial charge < -0.3 is 5.32 Å². The lowest BCUT2D eigenvalue weighted by molar-refractivity contribution is 1.13. The molecule has 0 spiro atoms. The molecule has 0 aromatic heterocycles. The molecular formula is C16H18BrN. The maximum atomic E-state index is 3.55. The van der Waals surface area contributed by atoms with Crippen molar-refractivity contribution in [3.63, 3.8) is 0 Å². The van der Waals surface area contributed by atoms with Crippen molar-refractivity contribution in [3.8, 4) is 0 Å². The molecule has 0 saturated carbocycles. The molecule has 0 aliphatic heterocycles. The van der Waals surface area contributed by atoms with E-state index in [1.807, 2.05) is 0 Å². The zero-order valence-corrected chi connectivity index (χ0v) is 12.6. The highest BCUT2D eigenvalue weighted by Gasteiger charge is 1.99. The summed E-state index contributed by atoms with van der Waals surface area (Å²) >= 11 is 3.55. The third kappa shape index (κ3) is 3.14. The summed E-state index contributed by atoms with van der Waals surface area (Å²) in [5.41, 5.74) is 6.41. The number of aryl methyl sites for hydroxylation is 3. The topological polar surface area (TPSA) is 12.0 Å². The van der Waals surface area contributed by atoms with Gasteiger partial charge in [-0.3, -0.25) is 0 Å². The van der Waals surface area contributed by atoms with Crippen LogP contribution in [0, 0.1) is 20.8 Å². The molecule has 2 aromatic carbocycles. The molecule has 1 N–H and O–H groups in total. The number of hydrogen-bond donors (Lipinski definition) is 1. The minimum atomic E-state index is 0.858. The number of nitrogens with one attached hydrogen (secondary N) is 1. The fourth-order valence-corrected chi connectivity index (χ4v) is 2.20. The van der Waals surface area contributed by atoms with E-state index in [4.69, 9.17) is 0 Å². The second-order valence-electron chi connectivity index (χ2n) is 4.74. The van der Waals surface area contributed by atoms with E-state index in [0.29, 0.717) is 0 Å². The highest BCUT2D eigenvalue weighted by atomic mass is 79.9. The molecule has 0 amide bonds. The minimum Gasteiger partial charge on any atom is -0.381 e. The lowest BCUT2D eigenvalue weighted by atomic mass is 10.1. The number of hydrogen-bond acceptors (Lipinski definition) is 1. The van der Waals surface area contributed by atoms with Gasteiger partial charge in [-0.05, 0) is 55.2 Å². The van der Waals surface area contributed by atoms with Gasteiger partial charge in [0.1, 0.15) is 0 Å². The van der Waals surface area contributed by atoms with Crippen molar-refractivity contribution in [2.24, 2.45) is 0 Å². The molecule has 0 radical (unpaired) electrons. The Morgan fingerprint density at radius 3 is 2.28 bits per heavy atom. The van der Waals surface area contributed by atoms with Crippen molar-refractivity contribution < 1.29 is 0 Å². The number of rotatable bonds is 3. The smallest absolute Gasteiger partial charge is 0.0400 e. The summed E-state index contributed by atoms with van der Waals surface area (Å²) in [7, 11) is 0. The van der Waals surface area contributed by atoms with Crippen molar-refractivity contribution in [1.29, 1.82) is 0 Å². The molecule has 2 aromatic rings. The molecule has 0 aliphatic rings. The standard InChI is InChI=1S/C16H18BrN/c1-11-4-6-14(8-13(11)3)10-18-15-7-5-12(2)16(17)9-15/h4-9,18H,10H2,1-3H3. The van der Waals surface area contributed by atoms with Gasteiger partial charge in [-0.15, -0.1) is 0 Å². The summed E-state index contributed by atoms with van der Waals surface area (Å²) in [4.78, 5) is 0. The van der Waals surface area contributed by atoms with Crippen LogP contribution in [-0.2, 0) is 6.54 Å². The number of anilines is 1. The van der Waals surface area contributed by atoms with Gasteiger partial charge in [-0.25, -0.2) is 0 Å².